The zero-order valence-corrected chi connectivity index (χ0v) is 13.4. The van der Waals surface area contributed by atoms with E-state index in [0.717, 1.165) is 0 Å². The number of thioether (sulfide) groups is 1. The van der Waals surface area contributed by atoms with Gasteiger partial charge in [0, 0.05) is 18.2 Å². The predicted octanol–water partition coefficient (Wildman–Crippen LogP) is 1.32. The molecule has 0 N–H and O–H groups in total. The quantitative estimate of drug-likeness (QED) is 0.732. The minimum absolute atomic E-state index is 0.00875. The second kappa shape index (κ2) is 5.89. The van der Waals surface area contributed by atoms with E-state index in [-0.39, 0.29) is 34.6 Å². The maximum Gasteiger partial charge on any atom is 0.248 e. The normalized spacial score (nSPS) is 29.9. The van der Waals surface area contributed by atoms with Crippen LogP contribution in [0, 0.1) is 5.92 Å². The largest absolute Gasteiger partial charge is 0.342 e. The summed E-state index contributed by atoms with van der Waals surface area (Å²) >= 11 is 1.42. The topological polar surface area (TPSA) is 66.8 Å². The Hall–Kier alpha value is -0.820. The Balaban J connectivity index is 2.17. The lowest BCUT2D eigenvalue weighted by Gasteiger charge is -2.22. The van der Waals surface area contributed by atoms with Gasteiger partial charge in [-0.3, -0.25) is 4.79 Å². The summed E-state index contributed by atoms with van der Waals surface area (Å²) in [7, 11) is -2.96. The van der Waals surface area contributed by atoms with Crippen LogP contribution in [0.25, 0.3) is 0 Å². The molecular weight excluding hydrogens is 296 g/mol. The van der Waals surface area contributed by atoms with Gasteiger partial charge in [-0.2, -0.15) is 4.99 Å². The molecule has 2 rings (SSSR count). The van der Waals surface area contributed by atoms with Gasteiger partial charge in [-0.15, -0.1) is 6.58 Å². The van der Waals surface area contributed by atoms with Crippen molar-refractivity contribution in [1.29, 1.82) is 0 Å². The van der Waals surface area contributed by atoms with Crippen LogP contribution in [0.15, 0.2) is 17.6 Å². The van der Waals surface area contributed by atoms with Gasteiger partial charge in [0.2, 0.25) is 5.91 Å². The van der Waals surface area contributed by atoms with Gasteiger partial charge in [-0.1, -0.05) is 31.7 Å². The summed E-state index contributed by atoms with van der Waals surface area (Å²) in [5.41, 5.74) is 0. The van der Waals surface area contributed by atoms with Crippen molar-refractivity contribution >= 4 is 32.7 Å². The highest BCUT2D eigenvalue weighted by Gasteiger charge is 2.48. The Bertz CT molecular complexity index is 540. The van der Waals surface area contributed by atoms with Gasteiger partial charge in [0.25, 0.3) is 0 Å². The SMILES string of the molecule is C=CCN1C(=NC(=O)CC(C)C)SC2CS(=O)(=O)CC21. The van der Waals surface area contributed by atoms with Crippen molar-refractivity contribution < 1.29 is 13.2 Å². The molecule has 0 bridgehead atoms. The molecule has 7 heteroatoms. The Labute approximate surface area is 124 Å². The Kier molecular flexibility index (Phi) is 4.59. The minimum Gasteiger partial charge on any atom is -0.342 e. The maximum absolute atomic E-state index is 11.8. The fourth-order valence-electron chi connectivity index (χ4n) is 2.49. The molecule has 0 radical (unpaired) electrons. The summed E-state index contributed by atoms with van der Waals surface area (Å²) in [6.07, 6.45) is 2.13. The molecule has 2 aliphatic rings. The van der Waals surface area contributed by atoms with Gasteiger partial charge >= 0.3 is 0 Å². The summed E-state index contributed by atoms with van der Waals surface area (Å²) in [6.45, 7) is 8.17. The third-order valence-electron chi connectivity index (χ3n) is 3.30. The van der Waals surface area contributed by atoms with Crippen molar-refractivity contribution in [3.63, 3.8) is 0 Å². The fourth-order valence-corrected chi connectivity index (χ4v) is 6.47. The number of rotatable bonds is 4. The van der Waals surface area contributed by atoms with Crippen LogP contribution in [0.5, 0.6) is 0 Å². The molecule has 2 aliphatic heterocycles. The van der Waals surface area contributed by atoms with Crippen molar-refractivity contribution in [3.8, 4) is 0 Å². The molecule has 2 unspecified atom stereocenters. The molecule has 0 aromatic rings. The second-order valence-electron chi connectivity index (χ2n) is 5.63. The number of amidine groups is 1. The third kappa shape index (κ3) is 3.44. The molecule has 20 heavy (non-hydrogen) atoms. The fraction of sp³-hybridized carbons (Fsp3) is 0.692. The first-order valence-corrected chi connectivity index (χ1v) is 9.38. The highest BCUT2D eigenvalue weighted by atomic mass is 32.2. The van der Waals surface area contributed by atoms with E-state index in [1.807, 2.05) is 18.7 Å². The number of amides is 1. The number of nitrogens with zero attached hydrogens (tertiary/aromatic N) is 2. The molecule has 112 valence electrons. The Morgan fingerprint density at radius 2 is 2.25 bits per heavy atom. The molecule has 0 aliphatic carbocycles. The molecule has 2 fully saturated rings. The molecule has 5 nitrogen and oxygen atoms in total. The maximum atomic E-state index is 11.8. The lowest BCUT2D eigenvalue weighted by Crippen LogP contribution is -2.37. The molecular formula is C13H20N2O3S2. The Morgan fingerprint density at radius 1 is 1.55 bits per heavy atom. The molecule has 0 spiro atoms. The zero-order chi connectivity index (χ0) is 14.9. The minimum atomic E-state index is -2.96. The molecule has 2 atom stereocenters. The van der Waals surface area contributed by atoms with Crippen molar-refractivity contribution in [3.05, 3.63) is 12.7 Å². The first kappa shape index (κ1) is 15.6. The number of fused-ring (bicyclic) bond motifs is 1. The summed E-state index contributed by atoms with van der Waals surface area (Å²) in [5, 5.41) is 0.644. The molecule has 0 aromatic carbocycles. The van der Waals surface area contributed by atoms with E-state index in [9.17, 15) is 13.2 Å². The van der Waals surface area contributed by atoms with Crippen molar-refractivity contribution in [2.45, 2.75) is 31.6 Å². The number of hydrogen-bond acceptors (Lipinski definition) is 4. The number of aliphatic imine (C=N–C) groups is 1. The van der Waals surface area contributed by atoms with Crippen LogP contribution >= 0.6 is 11.8 Å². The van der Waals surface area contributed by atoms with Gasteiger partial charge in [0.05, 0.1) is 17.5 Å². The second-order valence-corrected chi connectivity index (χ2v) is 8.99. The number of carbonyl (C=O) groups is 1. The molecule has 2 saturated heterocycles. The predicted molar refractivity (Wildman–Crippen MR) is 82.6 cm³/mol. The standard InChI is InChI=1S/C13H20N2O3S2/c1-4-5-15-10-7-20(17,18)8-11(10)19-13(15)14-12(16)6-9(2)3/h4,9-11H,1,5-8H2,2-3H3. The van der Waals surface area contributed by atoms with Crippen LogP contribution < -0.4 is 0 Å². The first-order valence-electron chi connectivity index (χ1n) is 6.68. The van der Waals surface area contributed by atoms with Crippen LogP contribution in [0.3, 0.4) is 0 Å². The van der Waals surface area contributed by atoms with Crippen LogP contribution in [-0.2, 0) is 14.6 Å². The number of hydrogen-bond donors (Lipinski definition) is 0. The molecule has 1 amide bonds. The van der Waals surface area contributed by atoms with Crippen LogP contribution in [0.4, 0.5) is 0 Å². The highest BCUT2D eigenvalue weighted by Crippen LogP contribution is 2.38. The zero-order valence-electron chi connectivity index (χ0n) is 11.8. The summed E-state index contributed by atoms with van der Waals surface area (Å²) in [5.74, 6) is 0.453. The van der Waals surface area contributed by atoms with Crippen LogP contribution in [0.2, 0.25) is 0 Å². The van der Waals surface area contributed by atoms with E-state index in [1.165, 1.54) is 11.8 Å². The average molecular weight is 316 g/mol. The van der Waals surface area contributed by atoms with Crippen LogP contribution in [0.1, 0.15) is 20.3 Å². The van der Waals surface area contributed by atoms with E-state index in [4.69, 9.17) is 0 Å². The third-order valence-corrected chi connectivity index (χ3v) is 6.55. The van der Waals surface area contributed by atoms with E-state index in [1.54, 1.807) is 6.08 Å². The summed E-state index contributed by atoms with van der Waals surface area (Å²) in [6, 6.07) is -0.0754. The summed E-state index contributed by atoms with van der Waals surface area (Å²) in [4.78, 5) is 17.9. The van der Waals surface area contributed by atoms with Crippen molar-refractivity contribution in [2.75, 3.05) is 18.1 Å². The highest BCUT2D eigenvalue weighted by molar-refractivity contribution is 8.15. The number of carbonyl (C=O) groups excluding carboxylic acids is 1. The van der Waals surface area contributed by atoms with Crippen molar-refractivity contribution in [1.82, 2.24) is 4.90 Å². The van der Waals surface area contributed by atoms with E-state index in [2.05, 4.69) is 11.6 Å². The molecule has 2 heterocycles. The molecule has 0 aromatic heterocycles. The van der Waals surface area contributed by atoms with Gasteiger partial charge in [0.1, 0.15) is 0 Å². The van der Waals surface area contributed by atoms with Gasteiger partial charge < -0.3 is 4.90 Å². The average Bonchev–Trinajstić information content (AvgIpc) is 2.72. The Morgan fingerprint density at radius 3 is 2.85 bits per heavy atom. The molecule has 0 saturated carbocycles. The van der Waals surface area contributed by atoms with Crippen LogP contribution in [-0.4, -0.2) is 53.7 Å². The van der Waals surface area contributed by atoms with E-state index < -0.39 is 9.84 Å². The smallest absolute Gasteiger partial charge is 0.248 e. The lowest BCUT2D eigenvalue weighted by molar-refractivity contribution is -0.118. The first-order chi connectivity index (χ1) is 9.32. The van der Waals surface area contributed by atoms with E-state index in [0.29, 0.717) is 18.1 Å². The summed E-state index contributed by atoms with van der Waals surface area (Å²) < 4.78 is 23.4. The number of sulfone groups is 1. The van der Waals surface area contributed by atoms with Gasteiger partial charge in [-0.25, -0.2) is 8.42 Å². The van der Waals surface area contributed by atoms with E-state index >= 15 is 0 Å². The lowest BCUT2D eigenvalue weighted by atomic mass is 10.1. The van der Waals surface area contributed by atoms with Gasteiger partial charge in [0.15, 0.2) is 15.0 Å². The van der Waals surface area contributed by atoms with Gasteiger partial charge in [-0.05, 0) is 5.92 Å². The van der Waals surface area contributed by atoms with Crippen molar-refractivity contribution in [2.24, 2.45) is 10.9 Å². The monoisotopic (exact) mass is 316 g/mol.